The van der Waals surface area contributed by atoms with Crippen molar-refractivity contribution in [3.05, 3.63) is 77.0 Å². The first-order valence-electron chi connectivity index (χ1n) is 6.18. The fourth-order valence-corrected chi connectivity index (χ4v) is 2.14. The van der Waals surface area contributed by atoms with E-state index in [2.05, 4.69) is 5.32 Å². The van der Waals surface area contributed by atoms with E-state index < -0.39 is 17.4 Å². The summed E-state index contributed by atoms with van der Waals surface area (Å²) < 4.78 is 26.5. The van der Waals surface area contributed by atoms with Gasteiger partial charge in [-0.15, -0.1) is 0 Å². The molecule has 0 amide bonds. The lowest BCUT2D eigenvalue weighted by atomic mass is 9.92. The van der Waals surface area contributed by atoms with Crippen molar-refractivity contribution >= 4 is 17.3 Å². The second-order valence-corrected chi connectivity index (χ2v) is 4.55. The quantitative estimate of drug-likeness (QED) is 0.920. The van der Waals surface area contributed by atoms with Gasteiger partial charge in [-0.1, -0.05) is 24.3 Å². The Bertz CT molecular complexity index is 797. The van der Waals surface area contributed by atoms with E-state index >= 15 is 0 Å². The van der Waals surface area contributed by atoms with Gasteiger partial charge in [0.05, 0.1) is 11.4 Å². The van der Waals surface area contributed by atoms with Crippen LogP contribution < -0.4 is 5.32 Å². The summed E-state index contributed by atoms with van der Waals surface area (Å²) in [6.07, 6.45) is 1.12. The summed E-state index contributed by atoms with van der Waals surface area (Å²) in [5.74, 6) is -2.30. The van der Waals surface area contributed by atoms with Gasteiger partial charge in [-0.25, -0.2) is 8.78 Å². The van der Waals surface area contributed by atoms with E-state index in [0.717, 1.165) is 12.1 Å². The molecular formula is C16H9F2NO2. The number of nitrogens with one attached hydrogen (secondary N) is 1. The van der Waals surface area contributed by atoms with Crippen molar-refractivity contribution in [2.24, 2.45) is 0 Å². The van der Waals surface area contributed by atoms with E-state index in [-0.39, 0.29) is 22.7 Å². The molecule has 0 bridgehead atoms. The lowest BCUT2D eigenvalue weighted by Gasteiger charge is -2.16. The van der Waals surface area contributed by atoms with Crippen molar-refractivity contribution in [3.63, 3.8) is 0 Å². The Kier molecular flexibility index (Phi) is 3.10. The van der Waals surface area contributed by atoms with E-state index in [1.54, 1.807) is 18.2 Å². The number of carbonyl (C=O) groups excluding carboxylic acids is 2. The minimum absolute atomic E-state index is 0.0378. The Balaban J connectivity index is 1.97. The van der Waals surface area contributed by atoms with Gasteiger partial charge in [-0.3, -0.25) is 9.59 Å². The molecule has 21 heavy (non-hydrogen) atoms. The average molecular weight is 285 g/mol. The zero-order chi connectivity index (χ0) is 15.0. The van der Waals surface area contributed by atoms with E-state index in [4.69, 9.17) is 0 Å². The normalized spacial score (nSPS) is 13.7. The molecule has 0 saturated carbocycles. The third-order valence-corrected chi connectivity index (χ3v) is 3.16. The Labute approximate surface area is 118 Å². The zero-order valence-corrected chi connectivity index (χ0v) is 10.7. The molecule has 0 aromatic heterocycles. The summed E-state index contributed by atoms with van der Waals surface area (Å²) in [6, 6.07) is 9.33. The molecule has 0 spiro atoms. The standard InChI is InChI=1S/C16H9F2NO2/c17-9-5-6-13(12(18)7-9)19-14-8-15(20)10-3-1-2-4-11(10)16(14)21/h1-8,19H. The number of hydrogen-bond donors (Lipinski definition) is 1. The number of ketones is 2. The second kappa shape index (κ2) is 4.94. The first-order chi connectivity index (χ1) is 10.1. The fourth-order valence-electron chi connectivity index (χ4n) is 2.14. The van der Waals surface area contributed by atoms with Crippen LogP contribution in [0.3, 0.4) is 0 Å². The third-order valence-electron chi connectivity index (χ3n) is 3.16. The number of anilines is 1. The largest absolute Gasteiger partial charge is 0.350 e. The molecular weight excluding hydrogens is 276 g/mol. The lowest BCUT2D eigenvalue weighted by Crippen LogP contribution is -2.21. The summed E-state index contributed by atoms with van der Waals surface area (Å²) in [5.41, 5.74) is 0.468. The van der Waals surface area contributed by atoms with Crippen molar-refractivity contribution in [1.82, 2.24) is 0 Å². The third kappa shape index (κ3) is 2.33. The van der Waals surface area contributed by atoms with Crippen LogP contribution in [0, 0.1) is 11.6 Å². The number of halogens is 2. The van der Waals surface area contributed by atoms with Gasteiger partial charge in [-0.05, 0) is 12.1 Å². The number of benzene rings is 2. The number of hydrogen-bond acceptors (Lipinski definition) is 3. The highest BCUT2D eigenvalue weighted by molar-refractivity contribution is 6.25. The maximum atomic E-state index is 13.6. The fraction of sp³-hybridized carbons (Fsp3) is 0. The Morgan fingerprint density at radius 2 is 1.62 bits per heavy atom. The number of Topliss-reactive ketones (excluding diaryl/α,β-unsaturated/α-hetero) is 1. The molecule has 2 aromatic rings. The monoisotopic (exact) mass is 285 g/mol. The molecule has 3 rings (SSSR count). The van der Waals surface area contributed by atoms with Gasteiger partial charge in [0.15, 0.2) is 5.78 Å². The highest BCUT2D eigenvalue weighted by Crippen LogP contribution is 2.24. The van der Waals surface area contributed by atoms with E-state index in [1.807, 2.05) is 0 Å². The number of rotatable bonds is 2. The van der Waals surface area contributed by atoms with E-state index in [9.17, 15) is 18.4 Å². The molecule has 104 valence electrons. The molecule has 1 aliphatic carbocycles. The molecule has 0 radical (unpaired) electrons. The summed E-state index contributed by atoms with van der Waals surface area (Å²) in [7, 11) is 0. The summed E-state index contributed by atoms with van der Waals surface area (Å²) in [4.78, 5) is 24.2. The molecule has 0 heterocycles. The second-order valence-electron chi connectivity index (χ2n) is 4.55. The van der Waals surface area contributed by atoms with Crippen molar-refractivity contribution in [2.75, 3.05) is 5.32 Å². The van der Waals surface area contributed by atoms with Crippen LogP contribution in [0.15, 0.2) is 54.2 Å². The van der Waals surface area contributed by atoms with Crippen LogP contribution in [-0.2, 0) is 0 Å². The highest BCUT2D eigenvalue weighted by atomic mass is 19.1. The summed E-state index contributed by atoms with van der Waals surface area (Å²) in [6.45, 7) is 0. The smallest absolute Gasteiger partial charge is 0.210 e. The molecule has 1 aliphatic rings. The van der Waals surface area contributed by atoms with Crippen LogP contribution >= 0.6 is 0 Å². The molecule has 0 fully saturated rings. The first kappa shape index (κ1) is 13.2. The van der Waals surface area contributed by atoms with Crippen LogP contribution in [0.4, 0.5) is 14.5 Å². The maximum Gasteiger partial charge on any atom is 0.210 e. The van der Waals surface area contributed by atoms with Crippen molar-refractivity contribution < 1.29 is 18.4 Å². The zero-order valence-electron chi connectivity index (χ0n) is 10.7. The summed E-state index contributed by atoms with van der Waals surface area (Å²) in [5, 5.41) is 2.55. The van der Waals surface area contributed by atoms with Crippen LogP contribution in [0.25, 0.3) is 0 Å². The lowest BCUT2D eigenvalue weighted by molar-refractivity contribution is 0.0985. The van der Waals surface area contributed by atoms with Crippen LogP contribution in [0.2, 0.25) is 0 Å². The molecule has 0 atom stereocenters. The number of fused-ring (bicyclic) bond motifs is 1. The maximum absolute atomic E-state index is 13.6. The van der Waals surface area contributed by atoms with Gasteiger partial charge in [0.2, 0.25) is 5.78 Å². The molecule has 5 heteroatoms. The van der Waals surface area contributed by atoms with Crippen molar-refractivity contribution in [3.8, 4) is 0 Å². The van der Waals surface area contributed by atoms with E-state index in [1.165, 1.54) is 12.1 Å². The highest BCUT2D eigenvalue weighted by Gasteiger charge is 2.25. The Hall–Kier alpha value is -2.82. The minimum atomic E-state index is -0.838. The van der Waals surface area contributed by atoms with Crippen molar-refractivity contribution in [2.45, 2.75) is 0 Å². The molecule has 3 nitrogen and oxygen atoms in total. The SMILES string of the molecule is O=C1C=C(Nc2ccc(F)cc2F)C(=O)c2ccccc21. The number of carbonyl (C=O) groups is 2. The van der Waals surface area contributed by atoms with Crippen molar-refractivity contribution in [1.29, 1.82) is 0 Å². The Morgan fingerprint density at radius 3 is 2.33 bits per heavy atom. The van der Waals surface area contributed by atoms with Gasteiger partial charge in [0.1, 0.15) is 11.6 Å². The van der Waals surface area contributed by atoms with Gasteiger partial charge >= 0.3 is 0 Å². The predicted octanol–water partition coefficient (Wildman–Crippen LogP) is 3.34. The molecule has 1 N–H and O–H groups in total. The van der Waals surface area contributed by atoms with Gasteiger partial charge in [0.25, 0.3) is 0 Å². The van der Waals surface area contributed by atoms with Gasteiger partial charge < -0.3 is 5.32 Å². The van der Waals surface area contributed by atoms with Gasteiger partial charge in [-0.2, -0.15) is 0 Å². The summed E-state index contributed by atoms with van der Waals surface area (Å²) >= 11 is 0. The molecule has 0 unspecified atom stereocenters. The molecule has 2 aromatic carbocycles. The van der Waals surface area contributed by atoms with Gasteiger partial charge in [0, 0.05) is 23.3 Å². The number of allylic oxidation sites excluding steroid dienone is 2. The average Bonchev–Trinajstić information content (AvgIpc) is 2.47. The van der Waals surface area contributed by atoms with E-state index in [0.29, 0.717) is 11.6 Å². The predicted molar refractivity (Wildman–Crippen MR) is 73.2 cm³/mol. The van der Waals surface area contributed by atoms with Crippen LogP contribution in [0.5, 0.6) is 0 Å². The molecule has 0 saturated heterocycles. The van der Waals surface area contributed by atoms with Crippen LogP contribution in [-0.4, -0.2) is 11.6 Å². The first-order valence-corrected chi connectivity index (χ1v) is 6.18. The van der Waals surface area contributed by atoms with Crippen LogP contribution in [0.1, 0.15) is 20.7 Å². The Morgan fingerprint density at radius 1 is 0.905 bits per heavy atom. The topological polar surface area (TPSA) is 46.2 Å². The minimum Gasteiger partial charge on any atom is -0.350 e. The molecule has 0 aliphatic heterocycles.